The van der Waals surface area contributed by atoms with E-state index in [4.69, 9.17) is 0 Å². The number of nitrogens with zero attached hydrogens (tertiary/aromatic N) is 1. The normalized spacial score (nSPS) is 23.4. The zero-order chi connectivity index (χ0) is 14.5. The molecule has 2 rings (SSSR count). The van der Waals surface area contributed by atoms with Gasteiger partial charge in [-0.05, 0) is 37.1 Å². The molecule has 1 saturated heterocycles. The number of carbonyl (C=O) groups is 1. The molecule has 0 aliphatic carbocycles. The fraction of sp³-hybridized carbons (Fsp3) is 0.562. The smallest absolute Gasteiger partial charge is 0.251 e. The lowest BCUT2D eigenvalue weighted by Gasteiger charge is -2.37. The van der Waals surface area contributed by atoms with Crippen LogP contribution in [0.25, 0.3) is 0 Å². The van der Waals surface area contributed by atoms with Crippen LogP contribution in [0.15, 0.2) is 24.3 Å². The maximum absolute atomic E-state index is 11.7. The van der Waals surface area contributed by atoms with E-state index in [1.807, 2.05) is 24.3 Å². The molecule has 2 N–H and O–H groups in total. The Bertz CT molecular complexity index is 461. The molecule has 0 unspecified atom stereocenters. The molecule has 1 aliphatic rings. The molecular formula is C16H25N3O. The molecule has 4 nitrogen and oxygen atoms in total. The third-order valence-corrected chi connectivity index (χ3v) is 4.14. The van der Waals surface area contributed by atoms with Crippen molar-refractivity contribution < 1.29 is 4.79 Å². The van der Waals surface area contributed by atoms with Gasteiger partial charge in [0.25, 0.3) is 5.91 Å². The van der Waals surface area contributed by atoms with Gasteiger partial charge in [0, 0.05) is 37.4 Å². The van der Waals surface area contributed by atoms with Crippen molar-refractivity contribution in [2.45, 2.75) is 26.3 Å². The Morgan fingerprint density at radius 1 is 1.45 bits per heavy atom. The van der Waals surface area contributed by atoms with E-state index in [0.717, 1.165) is 31.7 Å². The summed E-state index contributed by atoms with van der Waals surface area (Å²) >= 11 is 0. The van der Waals surface area contributed by atoms with Crippen LogP contribution in [-0.4, -0.2) is 43.5 Å². The summed E-state index contributed by atoms with van der Waals surface area (Å²) < 4.78 is 0. The number of hydrogen-bond donors (Lipinski definition) is 2. The van der Waals surface area contributed by atoms with Crippen LogP contribution in [0.1, 0.15) is 30.6 Å². The van der Waals surface area contributed by atoms with E-state index >= 15 is 0 Å². The topological polar surface area (TPSA) is 44.4 Å². The van der Waals surface area contributed by atoms with Crippen LogP contribution < -0.4 is 10.6 Å². The standard InChI is InChI=1S/C16H25N3O/c1-4-19-9-8-15(12(2)11-19)18-14-7-5-6-13(10-14)16(20)17-3/h5-7,10,12,15,18H,4,8-9,11H2,1-3H3,(H,17,20)/t12-,15+/m1/s1. The molecule has 1 fully saturated rings. The third-order valence-electron chi connectivity index (χ3n) is 4.14. The quantitative estimate of drug-likeness (QED) is 0.885. The van der Waals surface area contributed by atoms with Gasteiger partial charge in [0.1, 0.15) is 0 Å². The number of nitrogens with one attached hydrogen (secondary N) is 2. The first-order chi connectivity index (χ1) is 9.63. The summed E-state index contributed by atoms with van der Waals surface area (Å²) in [5.41, 5.74) is 1.74. The molecule has 0 aromatic heterocycles. The molecule has 1 heterocycles. The number of benzene rings is 1. The third kappa shape index (κ3) is 3.51. The largest absolute Gasteiger partial charge is 0.382 e. The average Bonchev–Trinajstić information content (AvgIpc) is 2.48. The van der Waals surface area contributed by atoms with Crippen molar-refractivity contribution in [3.8, 4) is 0 Å². The Morgan fingerprint density at radius 3 is 2.90 bits per heavy atom. The zero-order valence-corrected chi connectivity index (χ0v) is 12.6. The minimum Gasteiger partial charge on any atom is -0.382 e. The molecule has 1 amide bonds. The fourth-order valence-electron chi connectivity index (χ4n) is 2.84. The predicted molar refractivity (Wildman–Crippen MR) is 83.1 cm³/mol. The van der Waals surface area contributed by atoms with Gasteiger partial charge in [-0.15, -0.1) is 0 Å². The van der Waals surface area contributed by atoms with E-state index in [1.54, 1.807) is 7.05 Å². The van der Waals surface area contributed by atoms with E-state index in [-0.39, 0.29) is 5.91 Å². The highest BCUT2D eigenvalue weighted by Gasteiger charge is 2.25. The number of amides is 1. The Kier molecular flexibility index (Phi) is 5.01. The first-order valence-electron chi connectivity index (χ1n) is 7.45. The highest BCUT2D eigenvalue weighted by atomic mass is 16.1. The van der Waals surface area contributed by atoms with Crippen LogP contribution in [0, 0.1) is 5.92 Å². The number of piperidine rings is 1. The molecular weight excluding hydrogens is 250 g/mol. The molecule has 0 spiro atoms. The van der Waals surface area contributed by atoms with E-state index in [1.165, 1.54) is 0 Å². The summed E-state index contributed by atoms with van der Waals surface area (Å²) in [5, 5.41) is 6.25. The van der Waals surface area contributed by atoms with Crippen molar-refractivity contribution in [1.82, 2.24) is 10.2 Å². The second kappa shape index (κ2) is 6.75. The SMILES string of the molecule is CCN1CC[C@H](Nc2cccc(C(=O)NC)c2)[C@H](C)C1. The summed E-state index contributed by atoms with van der Waals surface area (Å²) in [6, 6.07) is 8.22. The number of rotatable bonds is 4. The summed E-state index contributed by atoms with van der Waals surface area (Å²) in [4.78, 5) is 14.1. The lowest BCUT2D eigenvalue weighted by Crippen LogP contribution is -2.45. The van der Waals surface area contributed by atoms with Crippen LogP contribution in [-0.2, 0) is 0 Å². The maximum Gasteiger partial charge on any atom is 0.251 e. The van der Waals surface area contributed by atoms with E-state index in [9.17, 15) is 4.79 Å². The van der Waals surface area contributed by atoms with Crippen molar-refractivity contribution in [2.75, 3.05) is 32.0 Å². The van der Waals surface area contributed by atoms with Crippen molar-refractivity contribution in [3.63, 3.8) is 0 Å². The van der Waals surface area contributed by atoms with Gasteiger partial charge in [-0.1, -0.05) is 19.9 Å². The number of hydrogen-bond acceptors (Lipinski definition) is 3. The van der Waals surface area contributed by atoms with Gasteiger partial charge >= 0.3 is 0 Å². The summed E-state index contributed by atoms with van der Waals surface area (Å²) in [6.45, 7) is 7.93. The van der Waals surface area contributed by atoms with Crippen LogP contribution in [0.2, 0.25) is 0 Å². The molecule has 110 valence electrons. The molecule has 20 heavy (non-hydrogen) atoms. The van der Waals surface area contributed by atoms with E-state index < -0.39 is 0 Å². The second-order valence-electron chi connectivity index (χ2n) is 5.57. The van der Waals surface area contributed by atoms with Crippen LogP contribution in [0.3, 0.4) is 0 Å². The molecule has 0 saturated carbocycles. The Morgan fingerprint density at radius 2 is 2.25 bits per heavy atom. The number of carbonyl (C=O) groups excluding carboxylic acids is 1. The highest BCUT2D eigenvalue weighted by molar-refractivity contribution is 5.94. The number of anilines is 1. The van der Waals surface area contributed by atoms with E-state index in [2.05, 4.69) is 29.4 Å². The first kappa shape index (κ1) is 14.9. The average molecular weight is 275 g/mol. The van der Waals surface area contributed by atoms with Crippen LogP contribution in [0.5, 0.6) is 0 Å². The van der Waals surface area contributed by atoms with Crippen molar-refractivity contribution >= 4 is 11.6 Å². The zero-order valence-electron chi connectivity index (χ0n) is 12.6. The van der Waals surface area contributed by atoms with Gasteiger partial charge < -0.3 is 15.5 Å². The Hall–Kier alpha value is -1.55. The Labute approximate surface area is 121 Å². The van der Waals surface area contributed by atoms with E-state index in [0.29, 0.717) is 17.5 Å². The van der Waals surface area contributed by atoms with Crippen molar-refractivity contribution in [3.05, 3.63) is 29.8 Å². The van der Waals surface area contributed by atoms with Crippen molar-refractivity contribution in [1.29, 1.82) is 0 Å². The molecule has 4 heteroatoms. The molecule has 1 aromatic rings. The van der Waals surface area contributed by atoms with Crippen LogP contribution in [0.4, 0.5) is 5.69 Å². The fourth-order valence-corrected chi connectivity index (χ4v) is 2.84. The molecule has 0 radical (unpaired) electrons. The lowest BCUT2D eigenvalue weighted by atomic mass is 9.93. The molecule has 1 aliphatic heterocycles. The lowest BCUT2D eigenvalue weighted by molar-refractivity contribution is 0.0963. The minimum atomic E-state index is -0.0394. The van der Waals surface area contributed by atoms with Gasteiger partial charge in [-0.3, -0.25) is 4.79 Å². The summed E-state index contributed by atoms with van der Waals surface area (Å²) in [6.07, 6.45) is 1.15. The van der Waals surface area contributed by atoms with Crippen molar-refractivity contribution in [2.24, 2.45) is 5.92 Å². The summed E-state index contributed by atoms with van der Waals surface area (Å²) in [5.74, 6) is 0.579. The molecule has 0 bridgehead atoms. The molecule has 2 atom stereocenters. The van der Waals surface area contributed by atoms with Gasteiger partial charge in [0.2, 0.25) is 0 Å². The minimum absolute atomic E-state index is 0.0394. The predicted octanol–water partition coefficient (Wildman–Crippen LogP) is 2.19. The van der Waals surface area contributed by atoms with Gasteiger partial charge in [-0.2, -0.15) is 0 Å². The van der Waals surface area contributed by atoms with Gasteiger partial charge in [-0.25, -0.2) is 0 Å². The highest BCUT2D eigenvalue weighted by Crippen LogP contribution is 2.21. The van der Waals surface area contributed by atoms with Gasteiger partial charge in [0.05, 0.1) is 0 Å². The van der Waals surface area contributed by atoms with Crippen LogP contribution >= 0.6 is 0 Å². The first-order valence-corrected chi connectivity index (χ1v) is 7.45. The Balaban J connectivity index is 2.01. The van der Waals surface area contributed by atoms with Gasteiger partial charge in [0.15, 0.2) is 0 Å². The monoisotopic (exact) mass is 275 g/mol. The summed E-state index contributed by atoms with van der Waals surface area (Å²) in [7, 11) is 1.66. The maximum atomic E-state index is 11.7. The second-order valence-corrected chi connectivity index (χ2v) is 5.57. The number of likely N-dealkylation sites (tertiary alicyclic amines) is 1. The molecule has 1 aromatic carbocycles.